The largest absolute Gasteiger partial charge is 0.507 e. The van der Waals surface area contributed by atoms with Gasteiger partial charge in [-0.1, -0.05) is 18.2 Å². The molecule has 0 spiro atoms. The van der Waals surface area contributed by atoms with Crippen molar-refractivity contribution >= 4 is 28.8 Å². The minimum absolute atomic E-state index is 0.0823. The van der Waals surface area contributed by atoms with Crippen molar-refractivity contribution in [1.82, 2.24) is 4.90 Å². The molecule has 0 radical (unpaired) electrons. The van der Waals surface area contributed by atoms with Crippen molar-refractivity contribution in [2.24, 2.45) is 0 Å². The summed E-state index contributed by atoms with van der Waals surface area (Å²) in [5.74, 6) is -1.35. The van der Waals surface area contributed by atoms with Crippen LogP contribution in [0, 0.1) is 0 Å². The fraction of sp³-hybridized carbons (Fsp3) is 0.231. The number of Topliss-reactive ketones (excluding diaryl/α,β-unsaturated/α-hetero) is 1. The van der Waals surface area contributed by atoms with Gasteiger partial charge < -0.3 is 14.7 Å². The van der Waals surface area contributed by atoms with E-state index in [-0.39, 0.29) is 23.4 Å². The van der Waals surface area contributed by atoms with E-state index >= 15 is 0 Å². The lowest BCUT2D eigenvalue weighted by Crippen LogP contribution is -2.29. The Bertz CT molecular complexity index is 1330. The molecule has 1 amide bonds. The summed E-state index contributed by atoms with van der Waals surface area (Å²) in [7, 11) is 0. The Hall–Kier alpha value is -3.59. The third-order valence-electron chi connectivity index (χ3n) is 6.14. The van der Waals surface area contributed by atoms with Crippen molar-refractivity contribution in [2.75, 3.05) is 6.61 Å². The molecule has 0 saturated carbocycles. The number of benzene rings is 2. The number of amides is 1. The lowest BCUT2D eigenvalue weighted by atomic mass is 9.97. The predicted molar refractivity (Wildman–Crippen MR) is 124 cm³/mol. The van der Waals surface area contributed by atoms with E-state index in [1.165, 1.54) is 28.4 Å². The van der Waals surface area contributed by atoms with E-state index in [0.29, 0.717) is 22.8 Å². The zero-order chi connectivity index (χ0) is 24.7. The van der Waals surface area contributed by atoms with Gasteiger partial charge in [-0.15, -0.1) is 11.3 Å². The highest BCUT2D eigenvalue weighted by molar-refractivity contribution is 7.10. The molecule has 1 fully saturated rings. The Kier molecular flexibility index (Phi) is 5.88. The number of rotatable bonds is 4. The quantitative estimate of drug-likeness (QED) is 0.284. The van der Waals surface area contributed by atoms with Crippen LogP contribution in [0.1, 0.15) is 39.6 Å². The second-order valence-electron chi connectivity index (χ2n) is 8.42. The van der Waals surface area contributed by atoms with E-state index in [2.05, 4.69) is 0 Å². The first-order valence-corrected chi connectivity index (χ1v) is 11.9. The molecule has 1 N–H and O–H groups in total. The van der Waals surface area contributed by atoms with E-state index in [9.17, 15) is 27.9 Å². The Morgan fingerprint density at radius 2 is 1.94 bits per heavy atom. The van der Waals surface area contributed by atoms with Gasteiger partial charge in [-0.05, 0) is 65.7 Å². The fourth-order valence-electron chi connectivity index (χ4n) is 4.49. The maximum absolute atomic E-state index is 13.2. The molecular formula is C26H20F3NO4S. The molecule has 9 heteroatoms. The number of hydrogen-bond acceptors (Lipinski definition) is 5. The number of ether oxygens (including phenoxy) is 1. The van der Waals surface area contributed by atoms with Crippen LogP contribution in [0.25, 0.3) is 5.76 Å². The lowest BCUT2D eigenvalue weighted by Gasteiger charge is -2.24. The molecule has 0 bridgehead atoms. The fourth-order valence-corrected chi connectivity index (χ4v) is 5.34. The number of ketones is 1. The number of carbonyl (C=O) groups is 2. The molecule has 3 aromatic rings. The highest BCUT2D eigenvalue weighted by Gasteiger charge is 2.46. The standard InChI is InChI=1S/C26H20F3NO4S/c27-26(28,29)18-6-1-4-15(12-18)14-30-22(20-7-3-11-35-20)21(24(32)25(30)33)23(31)17-8-9-19-16(13-17)5-2-10-34-19/h1,3-4,6-9,11-13,22,31H,2,5,10,14H2/b23-21-. The number of alkyl halides is 3. The highest BCUT2D eigenvalue weighted by Crippen LogP contribution is 2.42. The van der Waals surface area contributed by atoms with Gasteiger partial charge in [-0.3, -0.25) is 9.59 Å². The topological polar surface area (TPSA) is 66.8 Å². The molecule has 180 valence electrons. The first kappa shape index (κ1) is 23.2. The van der Waals surface area contributed by atoms with Crippen LogP contribution < -0.4 is 4.74 Å². The molecule has 1 saturated heterocycles. The Balaban J connectivity index is 1.58. The number of aryl methyl sites for hydroxylation is 1. The van der Waals surface area contributed by atoms with Crippen LogP contribution in [0.4, 0.5) is 13.2 Å². The van der Waals surface area contributed by atoms with Crippen molar-refractivity contribution in [1.29, 1.82) is 0 Å². The lowest BCUT2D eigenvalue weighted by molar-refractivity contribution is -0.140. The molecule has 0 aliphatic carbocycles. The molecule has 35 heavy (non-hydrogen) atoms. The van der Waals surface area contributed by atoms with Crippen molar-refractivity contribution < 1.29 is 32.6 Å². The normalized spacial score (nSPS) is 19.5. The summed E-state index contributed by atoms with van der Waals surface area (Å²) in [5.41, 5.74) is 0.588. The van der Waals surface area contributed by atoms with E-state index in [1.54, 1.807) is 35.7 Å². The van der Waals surface area contributed by atoms with E-state index < -0.39 is 29.5 Å². The van der Waals surface area contributed by atoms with Crippen molar-refractivity contribution in [2.45, 2.75) is 31.6 Å². The molecule has 1 aromatic heterocycles. The van der Waals surface area contributed by atoms with Gasteiger partial charge in [0.1, 0.15) is 11.5 Å². The summed E-state index contributed by atoms with van der Waals surface area (Å²) in [6, 6.07) is 12.3. The minimum Gasteiger partial charge on any atom is -0.507 e. The number of halogens is 3. The van der Waals surface area contributed by atoms with Crippen LogP contribution in [-0.2, 0) is 28.7 Å². The van der Waals surface area contributed by atoms with Crippen LogP contribution in [0.15, 0.2) is 65.6 Å². The zero-order valence-corrected chi connectivity index (χ0v) is 19.2. The molecule has 5 nitrogen and oxygen atoms in total. The van der Waals surface area contributed by atoms with Gasteiger partial charge in [0.15, 0.2) is 0 Å². The summed E-state index contributed by atoms with van der Waals surface area (Å²) in [6.07, 6.45) is -2.95. The van der Waals surface area contributed by atoms with E-state index in [0.717, 1.165) is 30.5 Å². The maximum atomic E-state index is 13.2. The SMILES string of the molecule is O=C1C(=O)N(Cc2cccc(C(F)(F)F)c2)C(c2cccs2)/C1=C(/O)c1ccc2c(c1)CCCO2. The van der Waals surface area contributed by atoms with Crippen molar-refractivity contribution in [3.05, 3.63) is 92.7 Å². The van der Waals surface area contributed by atoms with Gasteiger partial charge in [0, 0.05) is 17.0 Å². The monoisotopic (exact) mass is 499 g/mol. The number of thiophene rings is 1. The van der Waals surface area contributed by atoms with Crippen molar-refractivity contribution in [3.63, 3.8) is 0 Å². The zero-order valence-electron chi connectivity index (χ0n) is 18.3. The molecular weight excluding hydrogens is 479 g/mol. The number of nitrogens with zero attached hydrogens (tertiary/aromatic N) is 1. The van der Waals surface area contributed by atoms with Gasteiger partial charge in [0.2, 0.25) is 0 Å². The van der Waals surface area contributed by atoms with Crippen molar-refractivity contribution in [3.8, 4) is 5.75 Å². The van der Waals surface area contributed by atoms with Gasteiger partial charge in [0.25, 0.3) is 11.7 Å². The first-order valence-electron chi connectivity index (χ1n) is 11.0. The Morgan fingerprint density at radius 1 is 1.11 bits per heavy atom. The minimum atomic E-state index is -4.53. The Labute approximate surface area is 203 Å². The molecule has 5 rings (SSSR count). The van der Waals surface area contributed by atoms with E-state index in [1.807, 2.05) is 0 Å². The highest BCUT2D eigenvalue weighted by atomic mass is 32.1. The summed E-state index contributed by atoms with van der Waals surface area (Å²) in [4.78, 5) is 28.0. The smallest absolute Gasteiger partial charge is 0.416 e. The van der Waals surface area contributed by atoms with Gasteiger partial charge >= 0.3 is 6.18 Å². The van der Waals surface area contributed by atoms with Crippen LogP contribution >= 0.6 is 11.3 Å². The van der Waals surface area contributed by atoms with Crippen LogP contribution in [-0.4, -0.2) is 28.3 Å². The second-order valence-corrected chi connectivity index (χ2v) is 9.39. The van der Waals surface area contributed by atoms with Crippen LogP contribution in [0.5, 0.6) is 5.75 Å². The third kappa shape index (κ3) is 4.32. The summed E-state index contributed by atoms with van der Waals surface area (Å²) in [6.45, 7) is 0.392. The Morgan fingerprint density at radius 3 is 2.69 bits per heavy atom. The van der Waals surface area contributed by atoms with Crippen LogP contribution in [0.2, 0.25) is 0 Å². The molecule has 2 aromatic carbocycles. The number of aliphatic hydroxyl groups is 1. The number of hydrogen-bond donors (Lipinski definition) is 1. The van der Waals surface area contributed by atoms with Crippen LogP contribution in [0.3, 0.4) is 0 Å². The number of carbonyl (C=O) groups excluding carboxylic acids is 2. The molecule has 3 heterocycles. The first-order chi connectivity index (χ1) is 16.7. The third-order valence-corrected chi connectivity index (χ3v) is 7.07. The average Bonchev–Trinajstić information content (AvgIpc) is 3.46. The number of aliphatic hydroxyl groups excluding tert-OH is 1. The average molecular weight is 500 g/mol. The predicted octanol–water partition coefficient (Wildman–Crippen LogP) is 5.71. The number of likely N-dealkylation sites (tertiary alicyclic amines) is 1. The second kappa shape index (κ2) is 8.88. The summed E-state index contributed by atoms with van der Waals surface area (Å²) >= 11 is 1.29. The summed E-state index contributed by atoms with van der Waals surface area (Å²) < 4.78 is 45.3. The molecule has 2 aliphatic rings. The van der Waals surface area contributed by atoms with Gasteiger partial charge in [-0.25, -0.2) is 0 Å². The maximum Gasteiger partial charge on any atom is 0.416 e. The van der Waals surface area contributed by atoms with E-state index in [4.69, 9.17) is 4.74 Å². The molecule has 1 atom stereocenters. The summed E-state index contributed by atoms with van der Waals surface area (Å²) in [5, 5.41) is 13.0. The number of fused-ring (bicyclic) bond motifs is 1. The van der Waals surface area contributed by atoms with Gasteiger partial charge in [-0.2, -0.15) is 13.2 Å². The molecule has 2 aliphatic heterocycles. The van der Waals surface area contributed by atoms with Gasteiger partial charge in [0.05, 0.1) is 23.8 Å². The molecule has 1 unspecified atom stereocenters.